The summed E-state index contributed by atoms with van der Waals surface area (Å²) >= 11 is 0. The van der Waals surface area contributed by atoms with Crippen LogP contribution >= 0.6 is 0 Å². The standard InChI is InChI=1S/C20H33N/c1-16(21-18-11-13-19(2,3)14-12-18)15-20(4,5)17-9-7-6-8-10-17/h6-10,16,18,21H,11-15H2,1-5H3. The molecule has 0 aromatic heterocycles. The molecular formula is C20H33N. The third kappa shape index (κ3) is 4.85. The van der Waals surface area contributed by atoms with Gasteiger partial charge in [-0.05, 0) is 55.4 Å². The summed E-state index contributed by atoms with van der Waals surface area (Å²) < 4.78 is 0. The zero-order chi connectivity index (χ0) is 15.5. The molecular weight excluding hydrogens is 254 g/mol. The molecule has 1 heteroatoms. The SMILES string of the molecule is CC(CC(C)(C)c1ccccc1)NC1CCC(C)(C)CC1. The van der Waals surface area contributed by atoms with E-state index in [0.29, 0.717) is 11.5 Å². The highest BCUT2D eigenvalue weighted by molar-refractivity contribution is 5.23. The summed E-state index contributed by atoms with van der Waals surface area (Å²) in [5.74, 6) is 0. The van der Waals surface area contributed by atoms with E-state index in [0.717, 1.165) is 6.04 Å². The molecule has 1 aromatic rings. The lowest BCUT2D eigenvalue weighted by Gasteiger charge is -2.37. The van der Waals surface area contributed by atoms with Crippen molar-refractivity contribution in [2.75, 3.05) is 0 Å². The Labute approximate surface area is 131 Å². The van der Waals surface area contributed by atoms with Gasteiger partial charge >= 0.3 is 0 Å². The highest BCUT2D eigenvalue weighted by Crippen LogP contribution is 2.35. The predicted octanol–water partition coefficient (Wildman–Crippen LogP) is 5.30. The molecule has 2 rings (SSSR count). The Morgan fingerprint density at radius 2 is 1.71 bits per heavy atom. The fourth-order valence-corrected chi connectivity index (χ4v) is 3.80. The molecule has 1 aromatic carbocycles. The third-order valence-corrected chi connectivity index (χ3v) is 5.23. The van der Waals surface area contributed by atoms with Crippen molar-refractivity contribution in [1.29, 1.82) is 0 Å². The van der Waals surface area contributed by atoms with Gasteiger partial charge in [0.25, 0.3) is 0 Å². The van der Waals surface area contributed by atoms with Crippen molar-refractivity contribution in [3.05, 3.63) is 35.9 Å². The van der Waals surface area contributed by atoms with E-state index in [1.807, 2.05) is 0 Å². The zero-order valence-electron chi connectivity index (χ0n) is 14.6. The Bertz CT molecular complexity index is 422. The molecule has 0 heterocycles. The van der Waals surface area contributed by atoms with Crippen molar-refractivity contribution >= 4 is 0 Å². The minimum Gasteiger partial charge on any atom is -0.311 e. The van der Waals surface area contributed by atoms with Gasteiger partial charge in [-0.25, -0.2) is 0 Å². The van der Waals surface area contributed by atoms with Crippen LogP contribution in [0.3, 0.4) is 0 Å². The van der Waals surface area contributed by atoms with Crippen molar-refractivity contribution in [2.24, 2.45) is 5.41 Å². The van der Waals surface area contributed by atoms with Crippen molar-refractivity contribution in [1.82, 2.24) is 5.32 Å². The van der Waals surface area contributed by atoms with Crippen LogP contribution in [0.5, 0.6) is 0 Å². The summed E-state index contributed by atoms with van der Waals surface area (Å²) in [5.41, 5.74) is 2.25. The average Bonchev–Trinajstić information content (AvgIpc) is 2.42. The van der Waals surface area contributed by atoms with E-state index in [2.05, 4.69) is 70.3 Å². The maximum atomic E-state index is 3.88. The Balaban J connectivity index is 1.86. The molecule has 1 saturated carbocycles. The van der Waals surface area contributed by atoms with Crippen molar-refractivity contribution in [3.63, 3.8) is 0 Å². The number of benzene rings is 1. The molecule has 0 bridgehead atoms. The molecule has 0 amide bonds. The van der Waals surface area contributed by atoms with Gasteiger partial charge < -0.3 is 5.32 Å². The summed E-state index contributed by atoms with van der Waals surface area (Å²) in [7, 11) is 0. The minimum atomic E-state index is 0.238. The third-order valence-electron chi connectivity index (χ3n) is 5.23. The molecule has 1 aliphatic carbocycles. The second kappa shape index (κ2) is 6.52. The number of hydrogen-bond acceptors (Lipinski definition) is 1. The monoisotopic (exact) mass is 287 g/mol. The van der Waals surface area contributed by atoms with Crippen LogP contribution in [0.1, 0.15) is 72.3 Å². The minimum absolute atomic E-state index is 0.238. The summed E-state index contributed by atoms with van der Waals surface area (Å²) in [5, 5.41) is 3.88. The zero-order valence-corrected chi connectivity index (χ0v) is 14.6. The summed E-state index contributed by atoms with van der Waals surface area (Å²) in [6.07, 6.45) is 6.59. The molecule has 0 aliphatic heterocycles. The van der Waals surface area contributed by atoms with Gasteiger partial charge in [-0.2, -0.15) is 0 Å². The molecule has 1 unspecified atom stereocenters. The molecule has 21 heavy (non-hydrogen) atoms. The van der Waals surface area contributed by atoms with Crippen molar-refractivity contribution < 1.29 is 0 Å². The van der Waals surface area contributed by atoms with Crippen LogP contribution in [0.2, 0.25) is 0 Å². The average molecular weight is 287 g/mol. The van der Waals surface area contributed by atoms with E-state index in [4.69, 9.17) is 0 Å². The first kappa shape index (κ1) is 16.5. The molecule has 0 spiro atoms. The largest absolute Gasteiger partial charge is 0.311 e. The first-order valence-electron chi connectivity index (χ1n) is 8.60. The quantitative estimate of drug-likeness (QED) is 0.774. The fourth-order valence-electron chi connectivity index (χ4n) is 3.80. The molecule has 1 N–H and O–H groups in total. The first-order chi connectivity index (χ1) is 9.78. The van der Waals surface area contributed by atoms with Crippen molar-refractivity contribution in [3.8, 4) is 0 Å². The summed E-state index contributed by atoms with van der Waals surface area (Å²) in [6.45, 7) is 11.9. The van der Waals surface area contributed by atoms with Gasteiger partial charge in [-0.3, -0.25) is 0 Å². The van der Waals surface area contributed by atoms with Gasteiger partial charge in [-0.15, -0.1) is 0 Å². The molecule has 1 nitrogen and oxygen atoms in total. The Morgan fingerprint density at radius 1 is 1.14 bits per heavy atom. The lowest BCUT2D eigenvalue weighted by molar-refractivity contribution is 0.194. The number of nitrogens with one attached hydrogen (secondary N) is 1. The summed E-state index contributed by atoms with van der Waals surface area (Å²) in [6, 6.07) is 12.2. The normalized spacial score (nSPS) is 21.2. The van der Waals surface area contributed by atoms with Gasteiger partial charge in [0.1, 0.15) is 0 Å². The van der Waals surface area contributed by atoms with E-state index in [9.17, 15) is 0 Å². The van der Waals surface area contributed by atoms with Crippen LogP contribution in [0.4, 0.5) is 0 Å². The molecule has 1 fully saturated rings. The van der Waals surface area contributed by atoms with Crippen LogP contribution in [0.15, 0.2) is 30.3 Å². The van der Waals surface area contributed by atoms with Crippen molar-refractivity contribution in [2.45, 2.75) is 84.2 Å². The van der Waals surface area contributed by atoms with Crippen LogP contribution in [-0.2, 0) is 5.41 Å². The smallest absolute Gasteiger partial charge is 0.00699 e. The summed E-state index contributed by atoms with van der Waals surface area (Å²) in [4.78, 5) is 0. The highest BCUT2D eigenvalue weighted by atomic mass is 14.9. The van der Waals surface area contributed by atoms with Crippen LogP contribution in [0, 0.1) is 5.41 Å². The van der Waals surface area contributed by atoms with E-state index < -0.39 is 0 Å². The van der Waals surface area contributed by atoms with Gasteiger partial charge in [0.15, 0.2) is 0 Å². The van der Waals surface area contributed by atoms with Gasteiger partial charge in [-0.1, -0.05) is 58.0 Å². The van der Waals surface area contributed by atoms with E-state index in [-0.39, 0.29) is 5.41 Å². The second-order valence-corrected chi connectivity index (χ2v) is 8.46. The van der Waals surface area contributed by atoms with Crippen LogP contribution < -0.4 is 5.32 Å². The lowest BCUT2D eigenvalue weighted by Crippen LogP contribution is -2.42. The topological polar surface area (TPSA) is 12.0 Å². The van der Waals surface area contributed by atoms with Gasteiger partial charge in [0.2, 0.25) is 0 Å². The maximum absolute atomic E-state index is 3.88. The Hall–Kier alpha value is -0.820. The molecule has 118 valence electrons. The van der Waals surface area contributed by atoms with E-state index in [1.54, 1.807) is 0 Å². The Morgan fingerprint density at radius 3 is 2.29 bits per heavy atom. The maximum Gasteiger partial charge on any atom is 0.00699 e. The Kier molecular flexibility index (Phi) is 5.14. The number of rotatable bonds is 5. The second-order valence-electron chi connectivity index (χ2n) is 8.46. The van der Waals surface area contributed by atoms with Crippen LogP contribution in [-0.4, -0.2) is 12.1 Å². The number of hydrogen-bond donors (Lipinski definition) is 1. The van der Waals surface area contributed by atoms with Gasteiger partial charge in [0, 0.05) is 12.1 Å². The molecule has 0 saturated heterocycles. The predicted molar refractivity (Wildman–Crippen MR) is 92.7 cm³/mol. The van der Waals surface area contributed by atoms with E-state index in [1.165, 1.54) is 37.7 Å². The molecule has 0 radical (unpaired) electrons. The van der Waals surface area contributed by atoms with Gasteiger partial charge in [0.05, 0.1) is 0 Å². The highest BCUT2D eigenvalue weighted by Gasteiger charge is 2.29. The fraction of sp³-hybridized carbons (Fsp3) is 0.700. The lowest BCUT2D eigenvalue weighted by atomic mass is 9.75. The molecule has 1 atom stereocenters. The molecule has 1 aliphatic rings. The first-order valence-corrected chi connectivity index (χ1v) is 8.60. The van der Waals surface area contributed by atoms with E-state index >= 15 is 0 Å². The van der Waals surface area contributed by atoms with Crippen LogP contribution in [0.25, 0.3) is 0 Å².